The molecule has 71 heavy (non-hydrogen) atoms. The summed E-state index contributed by atoms with van der Waals surface area (Å²) in [6, 6.07) is 28.5. The first-order chi connectivity index (χ1) is 34.7. The van der Waals surface area contributed by atoms with E-state index in [0.29, 0.717) is 24.5 Å². The van der Waals surface area contributed by atoms with Gasteiger partial charge in [0.05, 0.1) is 35.5 Å². The summed E-state index contributed by atoms with van der Waals surface area (Å²) in [6.45, 7) is 5.51. The lowest BCUT2D eigenvalue weighted by Crippen LogP contribution is -2.11. The Morgan fingerprint density at radius 3 is 1.06 bits per heavy atom. The quantitative estimate of drug-likeness (QED) is 0.0224. The molecule has 11 heteroatoms. The van der Waals surface area contributed by atoms with Gasteiger partial charge in [-0.3, -0.25) is 0 Å². The normalized spacial score (nSPS) is 10.9. The van der Waals surface area contributed by atoms with E-state index in [0.717, 1.165) is 38.2 Å². The molecule has 5 rings (SSSR count). The predicted octanol–water partition coefficient (Wildman–Crippen LogP) is 16.1. The molecule has 0 spiro atoms. The van der Waals surface area contributed by atoms with Gasteiger partial charge >= 0.3 is 23.9 Å². The van der Waals surface area contributed by atoms with Crippen LogP contribution in [-0.4, -0.2) is 37.1 Å². The van der Waals surface area contributed by atoms with Gasteiger partial charge in [0.25, 0.3) is 0 Å². The van der Waals surface area contributed by atoms with E-state index in [2.05, 4.69) is 13.8 Å². The molecule has 380 valence electrons. The third kappa shape index (κ3) is 21.2. The molecule has 0 amide bonds. The number of benzene rings is 5. The summed E-state index contributed by atoms with van der Waals surface area (Å²) in [4.78, 5) is 51.6. The number of halogens is 1. The summed E-state index contributed by atoms with van der Waals surface area (Å²) in [5, 5.41) is 0. The number of hydrogen-bond acceptors (Lipinski definition) is 10. The van der Waals surface area contributed by atoms with Gasteiger partial charge < -0.3 is 28.4 Å². The van der Waals surface area contributed by atoms with Crippen LogP contribution in [0.1, 0.15) is 197 Å². The molecule has 0 N–H and O–H groups in total. The van der Waals surface area contributed by atoms with Gasteiger partial charge in [-0.1, -0.05) is 148 Å². The van der Waals surface area contributed by atoms with Crippen molar-refractivity contribution in [1.82, 2.24) is 0 Å². The van der Waals surface area contributed by atoms with Crippen molar-refractivity contribution in [2.24, 2.45) is 0 Å². The molecule has 0 radical (unpaired) electrons. The fourth-order valence-corrected chi connectivity index (χ4v) is 7.92. The lowest BCUT2D eigenvalue weighted by atomic mass is 10.1. The van der Waals surface area contributed by atoms with E-state index in [1.54, 1.807) is 30.3 Å². The molecule has 5 aromatic rings. The predicted molar refractivity (Wildman–Crippen MR) is 276 cm³/mol. The zero-order chi connectivity index (χ0) is 50.3. The van der Waals surface area contributed by atoms with Gasteiger partial charge in [0.1, 0.15) is 28.7 Å². The standard InChI is InChI=1S/C60H73FO10/c1-3-5-7-9-11-13-15-16-18-20-22-24-43-67-56-41-34-49(44-55(56)61)60(65)69-52-39-32-48(33-40-52)59(64)71-54-27-25-26-53(45-54)70-58(63)47-30-37-51(38-31-47)68-57(62)46-28-35-50(36-29-46)66-42-23-21-19-17-14-12-10-8-6-4-2/h25-41,44-45H,3-24,42-43H2,1-2H3. The Kier molecular flexibility index (Phi) is 25.3. The second kappa shape index (κ2) is 32.4. The number of hydrogen-bond donors (Lipinski definition) is 0. The van der Waals surface area contributed by atoms with E-state index in [9.17, 15) is 23.6 Å². The van der Waals surface area contributed by atoms with Gasteiger partial charge in [0.2, 0.25) is 0 Å². The molecular formula is C60H73FO10. The summed E-state index contributed by atoms with van der Waals surface area (Å²) >= 11 is 0. The summed E-state index contributed by atoms with van der Waals surface area (Å²) in [5.41, 5.74) is 0.739. The highest BCUT2D eigenvalue weighted by Gasteiger charge is 2.17. The number of rotatable bonds is 34. The molecule has 0 unspecified atom stereocenters. The Morgan fingerprint density at radius 1 is 0.338 bits per heavy atom. The molecule has 0 fully saturated rings. The molecule has 0 heterocycles. The molecule has 0 bridgehead atoms. The maximum absolute atomic E-state index is 14.8. The smallest absolute Gasteiger partial charge is 0.343 e. The minimum absolute atomic E-state index is 0.0139. The first-order valence-corrected chi connectivity index (χ1v) is 26.1. The van der Waals surface area contributed by atoms with Crippen LogP contribution in [0, 0.1) is 5.82 Å². The molecule has 0 saturated heterocycles. The highest BCUT2D eigenvalue weighted by Crippen LogP contribution is 2.25. The maximum atomic E-state index is 14.8. The highest BCUT2D eigenvalue weighted by molar-refractivity contribution is 5.94. The molecule has 0 atom stereocenters. The minimum Gasteiger partial charge on any atom is -0.494 e. The van der Waals surface area contributed by atoms with Crippen LogP contribution in [0.2, 0.25) is 0 Å². The Morgan fingerprint density at radius 2 is 0.662 bits per heavy atom. The Labute approximate surface area is 420 Å². The van der Waals surface area contributed by atoms with Crippen LogP contribution in [0.5, 0.6) is 34.5 Å². The summed E-state index contributed by atoms with van der Waals surface area (Å²) < 4.78 is 48.3. The van der Waals surface area contributed by atoms with Gasteiger partial charge in [-0.05, 0) is 116 Å². The Bertz CT molecular complexity index is 2340. The van der Waals surface area contributed by atoms with E-state index in [1.807, 2.05) is 0 Å². The van der Waals surface area contributed by atoms with E-state index in [1.165, 1.54) is 188 Å². The van der Waals surface area contributed by atoms with Gasteiger partial charge in [0, 0.05) is 6.07 Å². The van der Waals surface area contributed by atoms with Crippen LogP contribution >= 0.6 is 0 Å². The Hall–Kier alpha value is -6.49. The van der Waals surface area contributed by atoms with Crippen molar-refractivity contribution in [3.8, 4) is 34.5 Å². The topological polar surface area (TPSA) is 124 Å². The lowest BCUT2D eigenvalue weighted by Gasteiger charge is -2.10. The molecule has 0 aromatic heterocycles. The molecule has 0 aliphatic rings. The average molecular weight is 973 g/mol. The summed E-state index contributed by atoms with van der Waals surface area (Å²) in [5.74, 6) is -1.93. The number of unbranched alkanes of at least 4 members (excludes halogenated alkanes) is 20. The second-order valence-electron chi connectivity index (χ2n) is 18.0. The average Bonchev–Trinajstić information content (AvgIpc) is 3.38. The van der Waals surface area contributed by atoms with Crippen molar-refractivity contribution in [2.45, 2.75) is 155 Å². The van der Waals surface area contributed by atoms with Crippen LogP contribution in [-0.2, 0) is 0 Å². The first-order valence-electron chi connectivity index (χ1n) is 26.1. The highest BCUT2D eigenvalue weighted by atomic mass is 19.1. The Balaban J connectivity index is 0.972. The van der Waals surface area contributed by atoms with Crippen LogP contribution in [0.3, 0.4) is 0 Å². The van der Waals surface area contributed by atoms with Crippen molar-refractivity contribution >= 4 is 23.9 Å². The summed E-state index contributed by atoms with van der Waals surface area (Å²) in [7, 11) is 0. The zero-order valence-corrected chi connectivity index (χ0v) is 41.9. The van der Waals surface area contributed by atoms with Crippen molar-refractivity contribution in [2.75, 3.05) is 13.2 Å². The molecule has 5 aromatic carbocycles. The zero-order valence-electron chi connectivity index (χ0n) is 41.9. The van der Waals surface area contributed by atoms with Crippen molar-refractivity contribution in [1.29, 1.82) is 0 Å². The van der Waals surface area contributed by atoms with E-state index < -0.39 is 29.7 Å². The number of carbonyl (C=O) groups is 4. The number of carbonyl (C=O) groups excluding carboxylic acids is 4. The molecule has 10 nitrogen and oxygen atoms in total. The third-order valence-electron chi connectivity index (χ3n) is 12.1. The first kappa shape index (κ1) is 55.4. The van der Waals surface area contributed by atoms with Crippen LogP contribution < -0.4 is 28.4 Å². The van der Waals surface area contributed by atoms with E-state index in [4.69, 9.17) is 28.4 Å². The van der Waals surface area contributed by atoms with E-state index in [-0.39, 0.29) is 45.4 Å². The van der Waals surface area contributed by atoms with Gasteiger partial charge in [0.15, 0.2) is 11.6 Å². The van der Waals surface area contributed by atoms with Crippen molar-refractivity contribution in [3.05, 3.63) is 143 Å². The lowest BCUT2D eigenvalue weighted by molar-refractivity contribution is 0.0723. The van der Waals surface area contributed by atoms with Crippen LogP contribution in [0.4, 0.5) is 4.39 Å². The van der Waals surface area contributed by atoms with Gasteiger partial charge in [-0.2, -0.15) is 0 Å². The van der Waals surface area contributed by atoms with Gasteiger partial charge in [-0.15, -0.1) is 0 Å². The third-order valence-corrected chi connectivity index (χ3v) is 12.1. The number of esters is 4. The monoisotopic (exact) mass is 973 g/mol. The summed E-state index contributed by atoms with van der Waals surface area (Å²) in [6.07, 6.45) is 27.3. The number of ether oxygens (including phenoxy) is 6. The molecule has 0 saturated carbocycles. The fourth-order valence-electron chi connectivity index (χ4n) is 7.92. The van der Waals surface area contributed by atoms with Crippen LogP contribution in [0.15, 0.2) is 115 Å². The van der Waals surface area contributed by atoms with Crippen molar-refractivity contribution in [3.63, 3.8) is 0 Å². The minimum atomic E-state index is -0.769. The maximum Gasteiger partial charge on any atom is 0.343 e. The van der Waals surface area contributed by atoms with Gasteiger partial charge in [-0.25, -0.2) is 23.6 Å². The molecule has 0 aliphatic carbocycles. The molecule has 0 aliphatic heterocycles. The van der Waals surface area contributed by atoms with E-state index >= 15 is 0 Å². The second-order valence-corrected chi connectivity index (χ2v) is 18.0. The SMILES string of the molecule is CCCCCCCCCCCCCCOc1ccc(C(=O)Oc2ccc(C(=O)Oc3cccc(OC(=O)c4ccc(OC(=O)c5ccc(OCCCCCCCCCCCC)cc5)cc4)c3)cc2)cc1F. The van der Waals surface area contributed by atoms with Crippen LogP contribution in [0.25, 0.3) is 0 Å². The molecular weight excluding hydrogens is 900 g/mol. The fraction of sp³-hybridized carbons (Fsp3) is 0.433. The largest absolute Gasteiger partial charge is 0.494 e. The van der Waals surface area contributed by atoms with Crippen molar-refractivity contribution < 1.29 is 52.0 Å².